The Kier molecular flexibility index (Phi) is 3.17. The number of nitrogens with zero attached hydrogens (tertiary/aromatic N) is 3. The first-order valence-corrected chi connectivity index (χ1v) is 5.70. The Morgan fingerprint density at radius 3 is 2.94 bits per heavy atom. The highest BCUT2D eigenvalue weighted by molar-refractivity contribution is 5.78. The first kappa shape index (κ1) is 12.3. The van der Waals surface area contributed by atoms with Gasteiger partial charge in [0, 0.05) is 33.0 Å². The number of anilines is 1. The molecule has 0 bridgehead atoms. The van der Waals surface area contributed by atoms with Crippen LogP contribution >= 0.6 is 0 Å². The lowest BCUT2D eigenvalue weighted by Gasteiger charge is -2.12. The molecule has 2 heterocycles. The number of rotatable bonds is 4. The summed E-state index contributed by atoms with van der Waals surface area (Å²) in [5.74, 6) is 0.787. The van der Waals surface area contributed by atoms with Gasteiger partial charge in [0.2, 0.25) is 17.5 Å². The van der Waals surface area contributed by atoms with E-state index in [2.05, 4.69) is 15.6 Å². The minimum absolute atomic E-state index is 0.0207. The van der Waals surface area contributed by atoms with Crippen molar-refractivity contribution in [2.75, 3.05) is 11.9 Å². The lowest BCUT2D eigenvalue weighted by Crippen LogP contribution is -2.32. The van der Waals surface area contributed by atoms with Gasteiger partial charge in [-0.15, -0.1) is 0 Å². The molecule has 98 valence electrons. The van der Waals surface area contributed by atoms with Crippen LogP contribution in [0.1, 0.15) is 18.7 Å². The molecule has 0 spiro atoms. The molecule has 1 aliphatic rings. The zero-order chi connectivity index (χ0) is 13.3. The van der Waals surface area contributed by atoms with Crippen molar-refractivity contribution in [3.05, 3.63) is 15.9 Å². The molecular weight excluding hydrogens is 238 g/mol. The van der Waals surface area contributed by atoms with Crippen LogP contribution in [0.4, 0.5) is 11.6 Å². The molecule has 0 radical (unpaired) electrons. The number of aryl methyl sites for hydroxylation is 1. The number of hydrogen-bond donors (Lipinski definition) is 2. The summed E-state index contributed by atoms with van der Waals surface area (Å²) in [6, 6.07) is 0.0207. The molecular formula is C10H15N5O3. The summed E-state index contributed by atoms with van der Waals surface area (Å²) in [6.45, 7) is 2.17. The largest absolute Gasteiger partial charge is 0.406 e. The second-order valence-corrected chi connectivity index (χ2v) is 4.33. The Morgan fingerprint density at radius 2 is 2.39 bits per heavy atom. The van der Waals surface area contributed by atoms with E-state index in [0.29, 0.717) is 24.6 Å². The van der Waals surface area contributed by atoms with Gasteiger partial charge in [0.25, 0.3) is 0 Å². The molecule has 1 saturated heterocycles. The van der Waals surface area contributed by atoms with Crippen molar-refractivity contribution in [2.24, 2.45) is 7.05 Å². The van der Waals surface area contributed by atoms with E-state index in [-0.39, 0.29) is 17.8 Å². The van der Waals surface area contributed by atoms with Crippen LogP contribution in [0.5, 0.6) is 0 Å². The van der Waals surface area contributed by atoms with Crippen molar-refractivity contribution in [3.8, 4) is 0 Å². The molecule has 1 atom stereocenters. The fourth-order valence-corrected chi connectivity index (χ4v) is 1.97. The van der Waals surface area contributed by atoms with E-state index in [1.165, 1.54) is 0 Å². The predicted octanol–water partition coefficient (Wildman–Crippen LogP) is 0.327. The van der Waals surface area contributed by atoms with Crippen LogP contribution in [0, 0.1) is 17.0 Å². The van der Waals surface area contributed by atoms with E-state index in [0.717, 1.165) is 6.42 Å². The first-order chi connectivity index (χ1) is 8.49. The van der Waals surface area contributed by atoms with Crippen molar-refractivity contribution in [1.82, 2.24) is 14.9 Å². The van der Waals surface area contributed by atoms with Crippen molar-refractivity contribution in [2.45, 2.75) is 25.8 Å². The monoisotopic (exact) mass is 253 g/mol. The number of carbonyl (C=O) groups is 1. The molecule has 1 unspecified atom stereocenters. The van der Waals surface area contributed by atoms with Crippen LogP contribution in [0.15, 0.2) is 0 Å². The van der Waals surface area contributed by atoms with Crippen LogP contribution in [0.25, 0.3) is 0 Å². The molecule has 0 aromatic carbocycles. The SMILES string of the molecule is Cc1nc([N+](=O)[O-])c(NCC2CCC(=O)N2)n1C. The number of imidazole rings is 1. The molecule has 0 saturated carbocycles. The van der Waals surface area contributed by atoms with Gasteiger partial charge in [-0.25, -0.2) is 0 Å². The standard InChI is InChI=1S/C10H15N5O3/c1-6-12-10(15(17)18)9(14(6)2)11-5-7-3-4-8(16)13-7/h7,11H,3-5H2,1-2H3,(H,13,16). The summed E-state index contributed by atoms with van der Waals surface area (Å²) in [7, 11) is 1.71. The third kappa shape index (κ3) is 2.27. The lowest BCUT2D eigenvalue weighted by molar-refractivity contribution is -0.388. The van der Waals surface area contributed by atoms with Gasteiger partial charge in [-0.2, -0.15) is 0 Å². The molecule has 0 aliphatic carbocycles. The summed E-state index contributed by atoms with van der Waals surface area (Å²) in [5.41, 5.74) is 0. The number of nitrogens with one attached hydrogen (secondary N) is 2. The highest BCUT2D eigenvalue weighted by Crippen LogP contribution is 2.23. The average molecular weight is 253 g/mol. The maximum Gasteiger partial charge on any atom is 0.406 e. The van der Waals surface area contributed by atoms with Crippen LogP contribution in [0.2, 0.25) is 0 Å². The van der Waals surface area contributed by atoms with Gasteiger partial charge in [-0.05, 0) is 16.3 Å². The molecule has 18 heavy (non-hydrogen) atoms. The van der Waals surface area contributed by atoms with E-state index in [9.17, 15) is 14.9 Å². The first-order valence-electron chi connectivity index (χ1n) is 5.70. The minimum Gasteiger partial charge on any atom is -0.362 e. The summed E-state index contributed by atoms with van der Waals surface area (Å²) >= 11 is 0. The fourth-order valence-electron chi connectivity index (χ4n) is 1.97. The van der Waals surface area contributed by atoms with E-state index in [1.54, 1.807) is 18.5 Å². The van der Waals surface area contributed by atoms with Gasteiger partial charge in [0.15, 0.2) is 0 Å². The van der Waals surface area contributed by atoms with Crippen molar-refractivity contribution >= 4 is 17.5 Å². The van der Waals surface area contributed by atoms with Crippen molar-refractivity contribution in [1.29, 1.82) is 0 Å². The highest BCUT2D eigenvalue weighted by Gasteiger charge is 2.26. The summed E-state index contributed by atoms with van der Waals surface area (Å²) in [4.78, 5) is 25.3. The van der Waals surface area contributed by atoms with Crippen molar-refractivity contribution in [3.63, 3.8) is 0 Å². The molecule has 1 aromatic rings. The zero-order valence-electron chi connectivity index (χ0n) is 10.3. The maximum atomic E-state index is 11.0. The molecule has 1 amide bonds. The topological polar surface area (TPSA) is 102 Å². The van der Waals surface area contributed by atoms with Gasteiger partial charge >= 0.3 is 5.82 Å². The molecule has 2 rings (SSSR count). The number of aromatic nitrogens is 2. The van der Waals surface area contributed by atoms with Crippen LogP contribution in [0.3, 0.4) is 0 Å². The normalized spacial score (nSPS) is 18.8. The number of hydrogen-bond acceptors (Lipinski definition) is 5. The molecule has 1 aliphatic heterocycles. The maximum absolute atomic E-state index is 11.0. The van der Waals surface area contributed by atoms with E-state index in [1.807, 2.05) is 0 Å². The predicted molar refractivity (Wildman–Crippen MR) is 64.3 cm³/mol. The van der Waals surface area contributed by atoms with Crippen molar-refractivity contribution < 1.29 is 9.72 Å². The Morgan fingerprint density at radius 1 is 1.67 bits per heavy atom. The number of carbonyl (C=O) groups excluding carboxylic acids is 1. The zero-order valence-corrected chi connectivity index (χ0v) is 10.3. The molecule has 1 aromatic heterocycles. The highest BCUT2D eigenvalue weighted by atomic mass is 16.6. The fraction of sp³-hybridized carbons (Fsp3) is 0.600. The van der Waals surface area contributed by atoms with Gasteiger partial charge in [-0.1, -0.05) is 0 Å². The summed E-state index contributed by atoms with van der Waals surface area (Å²) in [6.07, 6.45) is 1.26. The molecule has 1 fully saturated rings. The smallest absolute Gasteiger partial charge is 0.362 e. The molecule has 8 nitrogen and oxygen atoms in total. The Labute approximate surface area is 104 Å². The van der Waals surface area contributed by atoms with Gasteiger partial charge in [0.05, 0.1) is 0 Å². The third-order valence-corrected chi connectivity index (χ3v) is 3.07. The van der Waals surface area contributed by atoms with E-state index < -0.39 is 4.92 Å². The molecule has 8 heteroatoms. The minimum atomic E-state index is -0.511. The second kappa shape index (κ2) is 4.63. The van der Waals surface area contributed by atoms with Gasteiger partial charge in [0.1, 0.15) is 0 Å². The summed E-state index contributed by atoms with van der Waals surface area (Å²) in [5, 5.41) is 16.6. The Balaban J connectivity index is 2.08. The Hall–Kier alpha value is -2.12. The van der Waals surface area contributed by atoms with Gasteiger partial charge < -0.3 is 20.7 Å². The second-order valence-electron chi connectivity index (χ2n) is 4.33. The average Bonchev–Trinajstić information content (AvgIpc) is 2.83. The van der Waals surface area contributed by atoms with E-state index in [4.69, 9.17) is 0 Å². The Bertz CT molecular complexity index is 496. The van der Waals surface area contributed by atoms with Crippen LogP contribution in [-0.2, 0) is 11.8 Å². The number of amides is 1. The van der Waals surface area contributed by atoms with E-state index >= 15 is 0 Å². The molecule has 2 N–H and O–H groups in total. The quantitative estimate of drug-likeness (QED) is 0.594. The number of nitro groups is 1. The van der Waals surface area contributed by atoms with Crippen LogP contribution in [-0.4, -0.2) is 33.0 Å². The third-order valence-electron chi connectivity index (χ3n) is 3.07. The lowest BCUT2D eigenvalue weighted by atomic mass is 10.2. The summed E-state index contributed by atoms with van der Waals surface area (Å²) < 4.78 is 1.63. The van der Waals surface area contributed by atoms with Gasteiger partial charge in [-0.3, -0.25) is 9.36 Å². The van der Waals surface area contributed by atoms with Crippen LogP contribution < -0.4 is 10.6 Å².